The second kappa shape index (κ2) is 4.87. The third-order valence-corrected chi connectivity index (χ3v) is 4.62. The van der Waals surface area contributed by atoms with Crippen LogP contribution in [-0.2, 0) is 4.74 Å². The Labute approximate surface area is 104 Å². The molecule has 0 radical (unpaired) electrons. The van der Waals surface area contributed by atoms with Gasteiger partial charge in [0.2, 0.25) is 0 Å². The Bertz CT molecular complexity index is 261. The van der Waals surface area contributed by atoms with E-state index in [0.717, 1.165) is 51.4 Å². The van der Waals surface area contributed by atoms with Crippen LogP contribution in [0.1, 0.15) is 51.4 Å². The summed E-state index contributed by atoms with van der Waals surface area (Å²) in [5.74, 6) is 0. The lowest BCUT2D eigenvalue weighted by molar-refractivity contribution is 0.0309. The summed E-state index contributed by atoms with van der Waals surface area (Å²) in [5, 5.41) is 10.5. The molecule has 0 bridgehead atoms. The minimum atomic E-state index is -0.388. The van der Waals surface area contributed by atoms with E-state index in [0.29, 0.717) is 6.10 Å². The van der Waals surface area contributed by atoms with E-state index >= 15 is 0 Å². The minimum absolute atomic E-state index is 0.388. The van der Waals surface area contributed by atoms with Crippen molar-refractivity contribution in [2.24, 2.45) is 0 Å². The lowest BCUT2D eigenvalue weighted by atomic mass is 9.94. The normalized spacial score (nSPS) is 39.0. The van der Waals surface area contributed by atoms with Crippen LogP contribution < -0.4 is 0 Å². The summed E-state index contributed by atoms with van der Waals surface area (Å²) >= 11 is 0. The van der Waals surface area contributed by atoms with Crippen LogP contribution in [0.3, 0.4) is 0 Å². The molecule has 3 aliphatic rings. The van der Waals surface area contributed by atoms with Gasteiger partial charge in [-0.2, -0.15) is 0 Å². The molecule has 3 fully saturated rings. The lowest BCUT2D eigenvalue weighted by Crippen LogP contribution is -2.34. The summed E-state index contributed by atoms with van der Waals surface area (Å²) < 4.78 is 5.63. The van der Waals surface area contributed by atoms with Crippen molar-refractivity contribution in [3.63, 3.8) is 0 Å². The van der Waals surface area contributed by atoms with Crippen LogP contribution >= 0.6 is 0 Å². The molecule has 0 aromatic rings. The van der Waals surface area contributed by atoms with Crippen LogP contribution in [0.2, 0.25) is 0 Å². The first-order chi connectivity index (χ1) is 8.25. The molecular weight excluding hydrogens is 214 g/mol. The van der Waals surface area contributed by atoms with Crippen molar-refractivity contribution >= 4 is 0 Å². The number of hydrogen-bond donors (Lipinski definition) is 1. The molecule has 1 saturated carbocycles. The van der Waals surface area contributed by atoms with Gasteiger partial charge in [-0.05, 0) is 51.4 Å². The van der Waals surface area contributed by atoms with Crippen LogP contribution in [-0.4, -0.2) is 47.4 Å². The number of likely N-dealkylation sites (tertiary alicyclic amines) is 1. The first-order valence-electron chi connectivity index (χ1n) is 7.33. The zero-order chi connectivity index (χ0) is 11.7. The number of β-amino-alcohol motifs (C(OH)–C–C–N with tert-alkyl or cyclic N) is 1. The Morgan fingerprint density at radius 3 is 2.88 bits per heavy atom. The molecule has 3 heteroatoms. The number of hydrogen-bond acceptors (Lipinski definition) is 3. The quantitative estimate of drug-likeness (QED) is 0.796. The fourth-order valence-corrected chi connectivity index (χ4v) is 3.37. The van der Waals surface area contributed by atoms with Gasteiger partial charge in [-0.15, -0.1) is 0 Å². The van der Waals surface area contributed by atoms with Crippen molar-refractivity contribution < 1.29 is 9.84 Å². The summed E-state index contributed by atoms with van der Waals surface area (Å²) in [5.41, 5.74) is -0.388. The molecule has 98 valence electrons. The maximum absolute atomic E-state index is 10.5. The van der Waals surface area contributed by atoms with Gasteiger partial charge >= 0.3 is 0 Å². The fraction of sp³-hybridized carbons (Fsp3) is 1.00. The Hall–Kier alpha value is -0.120. The Kier molecular flexibility index (Phi) is 3.42. The Balaban J connectivity index is 1.38. The first-order valence-corrected chi connectivity index (χ1v) is 7.33. The molecule has 1 aliphatic carbocycles. The van der Waals surface area contributed by atoms with E-state index in [1.54, 1.807) is 0 Å². The van der Waals surface area contributed by atoms with Gasteiger partial charge in [-0.25, -0.2) is 0 Å². The van der Waals surface area contributed by atoms with E-state index < -0.39 is 0 Å². The Morgan fingerprint density at radius 2 is 2.18 bits per heavy atom. The third-order valence-electron chi connectivity index (χ3n) is 4.62. The smallest absolute Gasteiger partial charge is 0.0786 e. The predicted octanol–water partition coefficient (Wildman–Crippen LogP) is 1.93. The van der Waals surface area contributed by atoms with Crippen LogP contribution in [0.15, 0.2) is 0 Å². The summed E-state index contributed by atoms with van der Waals surface area (Å²) in [6.45, 7) is 2.98. The van der Waals surface area contributed by atoms with Gasteiger partial charge in [-0.3, -0.25) is 4.90 Å². The van der Waals surface area contributed by atoms with E-state index in [-0.39, 0.29) is 5.60 Å². The van der Waals surface area contributed by atoms with E-state index in [4.69, 9.17) is 4.74 Å². The highest BCUT2D eigenvalue weighted by atomic mass is 16.5. The number of aliphatic hydroxyl groups is 1. The third kappa shape index (κ3) is 3.01. The van der Waals surface area contributed by atoms with E-state index in [1.165, 1.54) is 25.7 Å². The second-order valence-electron chi connectivity index (χ2n) is 6.20. The molecule has 1 N–H and O–H groups in total. The zero-order valence-electron chi connectivity index (χ0n) is 10.7. The minimum Gasteiger partial charge on any atom is -0.389 e. The average molecular weight is 239 g/mol. The van der Waals surface area contributed by atoms with Gasteiger partial charge in [0.05, 0.1) is 11.7 Å². The van der Waals surface area contributed by atoms with Crippen molar-refractivity contribution in [3.8, 4) is 0 Å². The van der Waals surface area contributed by atoms with Crippen LogP contribution in [0.4, 0.5) is 0 Å². The Morgan fingerprint density at radius 1 is 1.29 bits per heavy atom. The summed E-state index contributed by atoms with van der Waals surface area (Å²) in [6.07, 6.45) is 9.87. The van der Waals surface area contributed by atoms with E-state index in [2.05, 4.69) is 4.90 Å². The number of rotatable bonds is 5. The highest BCUT2D eigenvalue weighted by Gasteiger charge is 2.41. The molecule has 2 unspecified atom stereocenters. The molecule has 2 saturated heterocycles. The number of nitrogens with zero attached hydrogens (tertiary/aromatic N) is 1. The predicted molar refractivity (Wildman–Crippen MR) is 67.0 cm³/mol. The van der Waals surface area contributed by atoms with Gasteiger partial charge in [0.25, 0.3) is 0 Å². The SMILES string of the molecule is OC1(CCCC2CCCO2)CCN(C2CC2)C1. The molecule has 2 heterocycles. The molecular formula is C14H25NO2. The molecule has 2 aliphatic heterocycles. The van der Waals surface area contributed by atoms with Gasteiger partial charge in [-0.1, -0.05) is 0 Å². The number of ether oxygens (including phenoxy) is 1. The van der Waals surface area contributed by atoms with Crippen LogP contribution in [0.25, 0.3) is 0 Å². The van der Waals surface area contributed by atoms with Gasteiger partial charge in [0.15, 0.2) is 0 Å². The monoisotopic (exact) mass is 239 g/mol. The topological polar surface area (TPSA) is 32.7 Å². The van der Waals surface area contributed by atoms with E-state index in [9.17, 15) is 5.11 Å². The zero-order valence-corrected chi connectivity index (χ0v) is 10.7. The standard InChI is InChI=1S/C14H25NO2/c16-14(7-1-3-13-4-2-10-17-13)8-9-15(11-14)12-5-6-12/h12-13,16H,1-11H2. The van der Waals surface area contributed by atoms with Gasteiger partial charge in [0, 0.05) is 25.7 Å². The van der Waals surface area contributed by atoms with Crippen molar-refractivity contribution in [1.82, 2.24) is 4.90 Å². The summed E-state index contributed by atoms with van der Waals surface area (Å²) in [6, 6.07) is 0.808. The molecule has 0 spiro atoms. The molecule has 0 amide bonds. The molecule has 0 aromatic heterocycles. The van der Waals surface area contributed by atoms with Gasteiger partial charge < -0.3 is 9.84 Å². The van der Waals surface area contributed by atoms with Crippen molar-refractivity contribution in [1.29, 1.82) is 0 Å². The summed E-state index contributed by atoms with van der Waals surface area (Å²) in [7, 11) is 0. The molecule has 3 nitrogen and oxygen atoms in total. The molecule has 2 atom stereocenters. The molecule has 3 rings (SSSR count). The first kappa shape index (κ1) is 11.9. The largest absolute Gasteiger partial charge is 0.389 e. The van der Waals surface area contributed by atoms with Crippen molar-refractivity contribution in [3.05, 3.63) is 0 Å². The summed E-state index contributed by atoms with van der Waals surface area (Å²) in [4.78, 5) is 2.49. The average Bonchev–Trinajstić information content (AvgIpc) is 2.89. The maximum Gasteiger partial charge on any atom is 0.0786 e. The van der Waals surface area contributed by atoms with Crippen molar-refractivity contribution in [2.45, 2.75) is 69.1 Å². The fourth-order valence-electron chi connectivity index (χ4n) is 3.37. The van der Waals surface area contributed by atoms with Gasteiger partial charge in [0.1, 0.15) is 0 Å². The second-order valence-corrected chi connectivity index (χ2v) is 6.20. The lowest BCUT2D eigenvalue weighted by Gasteiger charge is -2.24. The highest BCUT2D eigenvalue weighted by molar-refractivity contribution is 4.96. The molecule has 17 heavy (non-hydrogen) atoms. The van der Waals surface area contributed by atoms with Crippen molar-refractivity contribution in [2.75, 3.05) is 19.7 Å². The maximum atomic E-state index is 10.5. The van der Waals surface area contributed by atoms with Crippen LogP contribution in [0, 0.1) is 0 Å². The van der Waals surface area contributed by atoms with E-state index in [1.807, 2.05) is 0 Å². The highest BCUT2D eigenvalue weighted by Crippen LogP contribution is 2.35. The molecule has 0 aromatic carbocycles. The van der Waals surface area contributed by atoms with Crippen LogP contribution in [0.5, 0.6) is 0 Å².